The number of amides is 2. The molecule has 0 unspecified atom stereocenters. The number of methoxy groups -OCH3 is 1. The van der Waals surface area contributed by atoms with Crippen molar-refractivity contribution >= 4 is 29.9 Å². The fourth-order valence-corrected chi connectivity index (χ4v) is 3.20. The van der Waals surface area contributed by atoms with Crippen LogP contribution in [0.25, 0.3) is 0 Å². The number of aromatic nitrogens is 2. The standard InChI is InChI=1S/C23H24N6O6/c1-28(23(32)27-21-9-20(35-8-7-33-2)17(10-24)11-25-21)22-4-3-16(19(14-31)26-22)12-29-5-6-34-15-18(29)13-30/h3-4,9,11,14H,5-8,12,15H2,1-2H3,(H,25,27,32). The monoisotopic (exact) mass is 480 g/mol. The number of anilines is 2. The summed E-state index contributed by atoms with van der Waals surface area (Å²) in [5.74, 6) is 2.52. The van der Waals surface area contributed by atoms with E-state index in [2.05, 4.69) is 15.3 Å². The summed E-state index contributed by atoms with van der Waals surface area (Å²) >= 11 is 0. The van der Waals surface area contributed by atoms with Crippen LogP contribution in [-0.2, 0) is 20.8 Å². The lowest BCUT2D eigenvalue weighted by molar-refractivity contribution is 0.0718. The highest BCUT2D eigenvalue weighted by Gasteiger charge is 2.20. The van der Waals surface area contributed by atoms with E-state index < -0.39 is 6.03 Å². The molecule has 3 heterocycles. The Balaban J connectivity index is 1.73. The molecule has 3 rings (SSSR count). The summed E-state index contributed by atoms with van der Waals surface area (Å²) in [5.41, 5.74) is 1.32. The van der Waals surface area contributed by atoms with Gasteiger partial charge in [-0.1, -0.05) is 6.07 Å². The summed E-state index contributed by atoms with van der Waals surface area (Å²) in [6, 6.07) is 6.12. The van der Waals surface area contributed by atoms with Crippen molar-refractivity contribution in [3.63, 3.8) is 0 Å². The van der Waals surface area contributed by atoms with Crippen molar-refractivity contribution in [1.29, 1.82) is 5.26 Å². The van der Waals surface area contributed by atoms with Gasteiger partial charge >= 0.3 is 6.03 Å². The summed E-state index contributed by atoms with van der Waals surface area (Å²) in [6.07, 6.45) is 1.89. The molecule has 0 saturated carbocycles. The SMILES string of the molecule is COCCOc1cc(NC(=O)N(C)c2ccc(CN3CCOCC3=C=O)c(C=O)n2)ncc1C#N. The average molecular weight is 480 g/mol. The van der Waals surface area contributed by atoms with Gasteiger partial charge in [-0.05, 0) is 6.07 Å². The molecule has 2 aromatic heterocycles. The van der Waals surface area contributed by atoms with Gasteiger partial charge in [0, 0.05) is 38.9 Å². The zero-order valence-corrected chi connectivity index (χ0v) is 19.3. The summed E-state index contributed by atoms with van der Waals surface area (Å²) in [6.45, 7) is 1.95. The number of nitrogens with one attached hydrogen (secondary N) is 1. The maximum absolute atomic E-state index is 12.8. The van der Waals surface area contributed by atoms with Crippen molar-refractivity contribution in [3.8, 4) is 11.8 Å². The van der Waals surface area contributed by atoms with Crippen molar-refractivity contribution in [3.05, 3.63) is 46.9 Å². The Morgan fingerprint density at radius 3 is 2.94 bits per heavy atom. The van der Waals surface area contributed by atoms with E-state index in [1.807, 2.05) is 12.0 Å². The molecule has 1 aliphatic heterocycles. The van der Waals surface area contributed by atoms with Gasteiger partial charge in [0.2, 0.25) is 0 Å². The summed E-state index contributed by atoms with van der Waals surface area (Å²) < 4.78 is 15.7. The zero-order valence-electron chi connectivity index (χ0n) is 19.3. The summed E-state index contributed by atoms with van der Waals surface area (Å²) in [7, 11) is 3.02. The van der Waals surface area contributed by atoms with Crippen LogP contribution in [0.15, 0.2) is 30.1 Å². The van der Waals surface area contributed by atoms with Crippen LogP contribution in [0.5, 0.6) is 5.75 Å². The van der Waals surface area contributed by atoms with Crippen LogP contribution >= 0.6 is 0 Å². The Labute approximate surface area is 201 Å². The van der Waals surface area contributed by atoms with Crippen LogP contribution in [0.3, 0.4) is 0 Å². The van der Waals surface area contributed by atoms with Crippen LogP contribution in [0, 0.1) is 11.3 Å². The molecule has 1 saturated heterocycles. The summed E-state index contributed by atoms with van der Waals surface area (Å²) in [5, 5.41) is 11.8. The fourth-order valence-electron chi connectivity index (χ4n) is 3.20. The van der Waals surface area contributed by atoms with E-state index >= 15 is 0 Å². The first-order chi connectivity index (χ1) is 17.0. The van der Waals surface area contributed by atoms with E-state index in [1.165, 1.54) is 31.3 Å². The van der Waals surface area contributed by atoms with Gasteiger partial charge in [-0.2, -0.15) is 5.26 Å². The Morgan fingerprint density at radius 1 is 1.40 bits per heavy atom. The molecule has 0 aromatic carbocycles. The molecule has 0 bridgehead atoms. The van der Waals surface area contributed by atoms with Crippen molar-refractivity contribution in [2.75, 3.05) is 57.3 Å². The Bertz CT molecular complexity index is 1170. The second-order valence-electron chi connectivity index (χ2n) is 7.36. The highest BCUT2D eigenvalue weighted by molar-refractivity contribution is 6.00. The molecule has 182 valence electrons. The van der Waals surface area contributed by atoms with Crippen molar-refractivity contribution in [1.82, 2.24) is 14.9 Å². The molecule has 1 N–H and O–H groups in total. The molecule has 0 atom stereocenters. The van der Waals surface area contributed by atoms with Gasteiger partial charge in [-0.25, -0.2) is 19.6 Å². The maximum Gasteiger partial charge on any atom is 0.328 e. The van der Waals surface area contributed by atoms with Crippen molar-refractivity contribution < 1.29 is 28.6 Å². The number of aldehydes is 1. The number of hydrogen-bond donors (Lipinski definition) is 1. The normalized spacial score (nSPS) is 12.9. The van der Waals surface area contributed by atoms with Gasteiger partial charge in [0.1, 0.15) is 53.0 Å². The predicted octanol–water partition coefficient (Wildman–Crippen LogP) is 1.40. The molecule has 12 heteroatoms. The molecule has 2 amide bonds. The van der Waals surface area contributed by atoms with Crippen molar-refractivity contribution in [2.24, 2.45) is 0 Å². The molecule has 1 fully saturated rings. The number of carbonyl (C=O) groups excluding carboxylic acids is 3. The zero-order chi connectivity index (χ0) is 25.2. The molecule has 1 aliphatic rings. The van der Waals surface area contributed by atoms with Crippen LogP contribution in [0.2, 0.25) is 0 Å². The number of pyridine rings is 2. The molecule has 2 aromatic rings. The average Bonchev–Trinajstić information content (AvgIpc) is 2.89. The number of carbonyl (C=O) groups is 2. The van der Waals surface area contributed by atoms with E-state index in [1.54, 1.807) is 17.0 Å². The van der Waals surface area contributed by atoms with Crippen LogP contribution in [-0.4, -0.2) is 80.3 Å². The largest absolute Gasteiger partial charge is 0.490 e. The number of rotatable bonds is 9. The quantitative estimate of drug-likeness (QED) is 0.317. The predicted molar refractivity (Wildman–Crippen MR) is 124 cm³/mol. The van der Waals surface area contributed by atoms with Crippen LogP contribution in [0.4, 0.5) is 16.4 Å². The van der Waals surface area contributed by atoms with E-state index in [0.29, 0.717) is 37.3 Å². The molecular weight excluding hydrogens is 456 g/mol. The smallest absolute Gasteiger partial charge is 0.328 e. The van der Waals surface area contributed by atoms with Gasteiger partial charge < -0.3 is 19.1 Å². The summed E-state index contributed by atoms with van der Waals surface area (Å²) in [4.78, 5) is 47.0. The molecule has 12 nitrogen and oxygen atoms in total. The second kappa shape index (κ2) is 12.2. The molecule has 35 heavy (non-hydrogen) atoms. The molecule has 0 spiro atoms. The van der Waals surface area contributed by atoms with Gasteiger partial charge in [0.05, 0.1) is 26.0 Å². The molecule has 0 radical (unpaired) electrons. The number of ether oxygens (including phenoxy) is 3. The molecule has 0 aliphatic carbocycles. The molecular formula is C23H24N6O6. The number of urea groups is 1. The number of nitriles is 1. The minimum Gasteiger partial charge on any atom is -0.490 e. The van der Waals surface area contributed by atoms with Crippen LogP contribution in [0.1, 0.15) is 21.6 Å². The number of morpholine rings is 1. The lowest BCUT2D eigenvalue weighted by Gasteiger charge is -2.29. The highest BCUT2D eigenvalue weighted by atomic mass is 16.5. The van der Waals surface area contributed by atoms with Crippen molar-refractivity contribution in [2.45, 2.75) is 6.54 Å². The Hall–Kier alpha value is -4.30. The second-order valence-corrected chi connectivity index (χ2v) is 7.36. The lowest BCUT2D eigenvalue weighted by atomic mass is 10.1. The van der Waals surface area contributed by atoms with E-state index in [0.717, 1.165) is 0 Å². The number of hydrogen-bond acceptors (Lipinski definition) is 10. The first-order valence-corrected chi connectivity index (χ1v) is 10.6. The van der Waals surface area contributed by atoms with Crippen LogP contribution < -0.4 is 15.0 Å². The fraction of sp³-hybridized carbons (Fsp3) is 0.348. The minimum absolute atomic E-state index is 0.143. The van der Waals surface area contributed by atoms with E-state index in [-0.39, 0.29) is 48.4 Å². The third kappa shape index (κ3) is 6.39. The first-order valence-electron chi connectivity index (χ1n) is 10.6. The number of nitrogens with zero attached hydrogens (tertiary/aromatic N) is 5. The first kappa shape index (κ1) is 25.3. The minimum atomic E-state index is -0.568. The van der Waals surface area contributed by atoms with E-state index in [9.17, 15) is 19.6 Å². The van der Waals surface area contributed by atoms with Gasteiger partial charge in [0.25, 0.3) is 0 Å². The topological polar surface area (TPSA) is 147 Å². The third-order valence-electron chi connectivity index (χ3n) is 5.13. The third-order valence-corrected chi connectivity index (χ3v) is 5.13. The van der Waals surface area contributed by atoms with Gasteiger partial charge in [-0.15, -0.1) is 0 Å². The van der Waals surface area contributed by atoms with E-state index in [4.69, 9.17) is 14.2 Å². The Kier molecular flexibility index (Phi) is 8.86. The van der Waals surface area contributed by atoms with Gasteiger partial charge in [0.15, 0.2) is 6.29 Å². The lowest BCUT2D eigenvalue weighted by Crippen LogP contribution is -2.35. The highest BCUT2D eigenvalue weighted by Crippen LogP contribution is 2.22. The Morgan fingerprint density at radius 2 is 2.23 bits per heavy atom. The van der Waals surface area contributed by atoms with Gasteiger partial charge in [-0.3, -0.25) is 15.0 Å². The maximum atomic E-state index is 12.8.